The molecule has 0 aliphatic carbocycles. The smallest absolute Gasteiger partial charge is 0.138 e. The predicted molar refractivity (Wildman–Crippen MR) is 65.4 cm³/mol. The zero-order valence-corrected chi connectivity index (χ0v) is 10.6. The van der Waals surface area contributed by atoms with Crippen molar-refractivity contribution in [2.75, 3.05) is 19.7 Å². The third kappa shape index (κ3) is 3.72. The van der Waals surface area contributed by atoms with Gasteiger partial charge in [0.05, 0.1) is 18.1 Å². The van der Waals surface area contributed by atoms with Gasteiger partial charge in [0, 0.05) is 17.6 Å². The summed E-state index contributed by atoms with van der Waals surface area (Å²) in [6.07, 6.45) is 0.787. The Labute approximate surface area is 104 Å². The number of hydrogen-bond donors (Lipinski definition) is 1. The summed E-state index contributed by atoms with van der Waals surface area (Å²) in [4.78, 5) is 0. The molecule has 0 unspecified atom stereocenters. The van der Waals surface area contributed by atoms with Crippen LogP contribution in [0.2, 0.25) is 10.0 Å². The SMILES string of the molecule is COc1cc(Cl)c(CCNCCl)cc1Cl. The Kier molecular flexibility index (Phi) is 5.54. The Morgan fingerprint density at radius 2 is 2.00 bits per heavy atom. The summed E-state index contributed by atoms with van der Waals surface area (Å²) < 4.78 is 5.05. The highest BCUT2D eigenvalue weighted by atomic mass is 35.5. The predicted octanol–water partition coefficient (Wildman–Crippen LogP) is 3.33. The van der Waals surface area contributed by atoms with Crippen LogP contribution in [0.25, 0.3) is 0 Å². The van der Waals surface area contributed by atoms with E-state index in [9.17, 15) is 0 Å². The molecule has 0 saturated carbocycles. The first kappa shape index (κ1) is 12.9. The zero-order chi connectivity index (χ0) is 11.3. The summed E-state index contributed by atoms with van der Waals surface area (Å²) in [7, 11) is 1.56. The van der Waals surface area contributed by atoms with Crippen LogP contribution in [0, 0.1) is 0 Å². The van der Waals surface area contributed by atoms with E-state index in [1.807, 2.05) is 6.07 Å². The molecule has 0 spiro atoms. The number of methoxy groups -OCH3 is 1. The normalized spacial score (nSPS) is 10.4. The Morgan fingerprint density at radius 1 is 1.27 bits per heavy atom. The van der Waals surface area contributed by atoms with Crippen molar-refractivity contribution < 1.29 is 4.74 Å². The van der Waals surface area contributed by atoms with E-state index in [-0.39, 0.29) is 0 Å². The third-order valence-electron chi connectivity index (χ3n) is 1.99. The van der Waals surface area contributed by atoms with E-state index in [1.165, 1.54) is 0 Å². The van der Waals surface area contributed by atoms with Gasteiger partial charge in [0.25, 0.3) is 0 Å². The minimum Gasteiger partial charge on any atom is -0.495 e. The molecular weight excluding hydrogens is 256 g/mol. The highest BCUT2D eigenvalue weighted by Crippen LogP contribution is 2.30. The first-order valence-electron chi connectivity index (χ1n) is 4.47. The number of ether oxygens (including phenoxy) is 1. The van der Waals surface area contributed by atoms with Crippen molar-refractivity contribution in [2.24, 2.45) is 0 Å². The molecule has 0 amide bonds. The number of halogens is 3. The molecule has 0 heterocycles. The summed E-state index contributed by atoms with van der Waals surface area (Å²) in [6, 6.07) is 3.97. The number of alkyl halides is 1. The lowest BCUT2D eigenvalue weighted by Gasteiger charge is -2.08. The molecule has 0 radical (unpaired) electrons. The number of rotatable bonds is 5. The van der Waals surface area contributed by atoms with E-state index < -0.39 is 0 Å². The van der Waals surface area contributed by atoms with Crippen LogP contribution in [0.5, 0.6) is 5.75 Å². The second kappa shape index (κ2) is 6.44. The number of hydrogen-bond acceptors (Lipinski definition) is 2. The van der Waals surface area contributed by atoms with Crippen LogP contribution >= 0.6 is 34.8 Å². The molecule has 0 saturated heterocycles. The fourth-order valence-electron chi connectivity index (χ4n) is 1.21. The van der Waals surface area contributed by atoms with Crippen LogP contribution in [-0.2, 0) is 6.42 Å². The molecule has 1 rings (SSSR count). The Morgan fingerprint density at radius 3 is 2.60 bits per heavy atom. The van der Waals surface area contributed by atoms with Crippen LogP contribution in [-0.4, -0.2) is 19.7 Å². The van der Waals surface area contributed by atoms with E-state index in [0.717, 1.165) is 18.5 Å². The van der Waals surface area contributed by atoms with Gasteiger partial charge in [-0.1, -0.05) is 23.2 Å². The van der Waals surface area contributed by atoms with Gasteiger partial charge in [-0.25, -0.2) is 0 Å². The van der Waals surface area contributed by atoms with Gasteiger partial charge in [0.1, 0.15) is 5.75 Å². The monoisotopic (exact) mass is 267 g/mol. The van der Waals surface area contributed by atoms with Gasteiger partial charge in [0.2, 0.25) is 0 Å². The molecule has 15 heavy (non-hydrogen) atoms. The molecule has 0 aromatic heterocycles. The van der Waals surface area contributed by atoms with Gasteiger partial charge in [-0.05, 0) is 18.1 Å². The molecular formula is C10H12Cl3NO. The first-order valence-corrected chi connectivity index (χ1v) is 5.76. The maximum absolute atomic E-state index is 6.06. The molecule has 1 aromatic rings. The van der Waals surface area contributed by atoms with Crippen LogP contribution in [0.3, 0.4) is 0 Å². The lowest BCUT2D eigenvalue weighted by atomic mass is 10.1. The quantitative estimate of drug-likeness (QED) is 0.502. The van der Waals surface area contributed by atoms with Crippen LogP contribution in [0.4, 0.5) is 0 Å². The molecule has 1 aromatic carbocycles. The summed E-state index contributed by atoms with van der Waals surface area (Å²) in [5.41, 5.74) is 0.986. The van der Waals surface area contributed by atoms with Gasteiger partial charge >= 0.3 is 0 Å². The Hall–Kier alpha value is -0.150. The second-order valence-corrected chi connectivity index (χ2v) is 4.04. The lowest BCUT2D eigenvalue weighted by Crippen LogP contribution is -2.14. The van der Waals surface area contributed by atoms with Crippen molar-refractivity contribution in [3.63, 3.8) is 0 Å². The molecule has 0 aliphatic rings. The fraction of sp³-hybridized carbons (Fsp3) is 0.400. The topological polar surface area (TPSA) is 21.3 Å². The second-order valence-electron chi connectivity index (χ2n) is 2.96. The summed E-state index contributed by atoms with van der Waals surface area (Å²) in [6.45, 7) is 0.770. The molecule has 1 N–H and O–H groups in total. The summed E-state index contributed by atoms with van der Waals surface area (Å²) >= 11 is 17.5. The van der Waals surface area contributed by atoms with Crippen LogP contribution < -0.4 is 10.1 Å². The summed E-state index contributed by atoms with van der Waals surface area (Å²) in [5, 5.41) is 4.24. The van der Waals surface area contributed by atoms with E-state index in [2.05, 4.69) is 5.32 Å². The molecule has 0 bridgehead atoms. The minimum atomic E-state index is 0.432. The Bertz CT molecular complexity index is 331. The minimum absolute atomic E-state index is 0.432. The van der Waals surface area contributed by atoms with Crippen molar-refractivity contribution in [1.82, 2.24) is 5.32 Å². The maximum atomic E-state index is 6.06. The molecule has 0 aliphatic heterocycles. The zero-order valence-electron chi connectivity index (χ0n) is 8.32. The molecule has 84 valence electrons. The van der Waals surface area contributed by atoms with Gasteiger partial charge in [-0.3, -0.25) is 0 Å². The van der Waals surface area contributed by atoms with Crippen molar-refractivity contribution in [3.8, 4) is 5.75 Å². The van der Waals surface area contributed by atoms with E-state index in [4.69, 9.17) is 39.5 Å². The van der Waals surface area contributed by atoms with Crippen molar-refractivity contribution >= 4 is 34.8 Å². The third-order valence-corrected chi connectivity index (χ3v) is 2.82. The average Bonchev–Trinajstić information content (AvgIpc) is 2.23. The van der Waals surface area contributed by atoms with Crippen molar-refractivity contribution in [3.05, 3.63) is 27.7 Å². The molecule has 0 fully saturated rings. The van der Waals surface area contributed by atoms with E-state index in [0.29, 0.717) is 21.8 Å². The number of benzene rings is 1. The van der Waals surface area contributed by atoms with E-state index in [1.54, 1.807) is 13.2 Å². The van der Waals surface area contributed by atoms with Gasteiger partial charge < -0.3 is 10.1 Å². The average molecular weight is 269 g/mol. The first-order chi connectivity index (χ1) is 7.19. The fourth-order valence-corrected chi connectivity index (χ4v) is 1.85. The van der Waals surface area contributed by atoms with Crippen molar-refractivity contribution in [2.45, 2.75) is 6.42 Å². The van der Waals surface area contributed by atoms with Crippen LogP contribution in [0.15, 0.2) is 12.1 Å². The lowest BCUT2D eigenvalue weighted by molar-refractivity contribution is 0.415. The van der Waals surface area contributed by atoms with Gasteiger partial charge in [-0.2, -0.15) is 0 Å². The Balaban J connectivity index is 2.76. The molecule has 0 atom stereocenters. The van der Waals surface area contributed by atoms with Gasteiger partial charge in [0.15, 0.2) is 0 Å². The van der Waals surface area contributed by atoms with Crippen LogP contribution in [0.1, 0.15) is 5.56 Å². The highest BCUT2D eigenvalue weighted by Gasteiger charge is 2.07. The highest BCUT2D eigenvalue weighted by molar-refractivity contribution is 6.34. The van der Waals surface area contributed by atoms with Gasteiger partial charge in [-0.15, -0.1) is 11.6 Å². The number of nitrogens with one attached hydrogen (secondary N) is 1. The van der Waals surface area contributed by atoms with Crippen molar-refractivity contribution in [1.29, 1.82) is 0 Å². The molecule has 5 heteroatoms. The summed E-state index contributed by atoms with van der Waals surface area (Å²) in [5.74, 6) is 0.593. The standard InChI is InChI=1S/C10H12Cl3NO/c1-15-10-5-8(12)7(4-9(10)13)2-3-14-6-11/h4-5,14H,2-3,6H2,1H3. The largest absolute Gasteiger partial charge is 0.495 e. The maximum Gasteiger partial charge on any atom is 0.138 e. The molecule has 2 nitrogen and oxygen atoms in total. The van der Waals surface area contributed by atoms with E-state index >= 15 is 0 Å².